The third-order valence-corrected chi connectivity index (χ3v) is 5.81. The van der Waals surface area contributed by atoms with E-state index >= 15 is 0 Å². The summed E-state index contributed by atoms with van der Waals surface area (Å²) in [5.41, 5.74) is 0.918. The van der Waals surface area contributed by atoms with Crippen LogP contribution in [0.25, 0.3) is 0 Å². The highest BCUT2D eigenvalue weighted by molar-refractivity contribution is 7.09. The second-order valence-electron chi connectivity index (χ2n) is 6.62. The molecular formula is C18H22N4O2S. The molecule has 132 valence electrons. The van der Waals surface area contributed by atoms with Gasteiger partial charge in [0.1, 0.15) is 6.10 Å². The Morgan fingerprint density at radius 2 is 2.24 bits per heavy atom. The van der Waals surface area contributed by atoms with E-state index in [2.05, 4.69) is 20.4 Å². The van der Waals surface area contributed by atoms with Gasteiger partial charge in [0.15, 0.2) is 5.82 Å². The highest BCUT2D eigenvalue weighted by atomic mass is 32.1. The van der Waals surface area contributed by atoms with Gasteiger partial charge in [-0.1, -0.05) is 6.07 Å². The van der Waals surface area contributed by atoms with Gasteiger partial charge in [-0.05, 0) is 49.8 Å². The minimum atomic E-state index is -0.342. The summed E-state index contributed by atoms with van der Waals surface area (Å²) in [4.78, 5) is 15.8. The van der Waals surface area contributed by atoms with Crippen molar-refractivity contribution < 1.29 is 9.53 Å². The first-order chi connectivity index (χ1) is 12.2. The van der Waals surface area contributed by atoms with Crippen molar-refractivity contribution >= 4 is 23.1 Å². The van der Waals surface area contributed by atoms with Gasteiger partial charge in [0, 0.05) is 11.4 Å². The van der Waals surface area contributed by atoms with Crippen LogP contribution in [0.3, 0.4) is 0 Å². The average Bonchev–Trinajstić information content (AvgIpc) is 3.29. The minimum Gasteiger partial charge on any atom is -0.363 e. The molecule has 2 aromatic heterocycles. The van der Waals surface area contributed by atoms with E-state index in [4.69, 9.17) is 4.74 Å². The molecule has 0 aliphatic carbocycles. The lowest BCUT2D eigenvalue weighted by molar-refractivity contribution is -0.141. The Bertz CT molecular complexity index is 719. The van der Waals surface area contributed by atoms with E-state index in [9.17, 15) is 4.79 Å². The van der Waals surface area contributed by atoms with Crippen LogP contribution < -0.4 is 10.2 Å². The van der Waals surface area contributed by atoms with Crippen molar-refractivity contribution in [3.63, 3.8) is 0 Å². The number of carbonyl (C=O) groups excluding carboxylic acids is 1. The summed E-state index contributed by atoms with van der Waals surface area (Å²) in [6.45, 7) is 3.42. The van der Waals surface area contributed by atoms with Gasteiger partial charge in [0.2, 0.25) is 5.91 Å². The zero-order chi connectivity index (χ0) is 17.2. The van der Waals surface area contributed by atoms with Crippen LogP contribution in [0, 0.1) is 6.92 Å². The van der Waals surface area contributed by atoms with Crippen LogP contribution in [0.1, 0.15) is 29.8 Å². The first kappa shape index (κ1) is 16.5. The number of rotatable bonds is 4. The average molecular weight is 358 g/mol. The Labute approximate surface area is 151 Å². The molecule has 0 bridgehead atoms. The van der Waals surface area contributed by atoms with E-state index in [1.54, 1.807) is 11.3 Å². The monoisotopic (exact) mass is 358 g/mol. The third-order valence-electron chi connectivity index (χ3n) is 4.94. The van der Waals surface area contributed by atoms with Crippen LogP contribution in [0.5, 0.6) is 0 Å². The molecule has 4 rings (SSSR count). The van der Waals surface area contributed by atoms with Crippen molar-refractivity contribution in [2.24, 2.45) is 0 Å². The topological polar surface area (TPSA) is 67.3 Å². The van der Waals surface area contributed by atoms with Crippen LogP contribution in [0.2, 0.25) is 0 Å². The van der Waals surface area contributed by atoms with E-state index in [-0.39, 0.29) is 18.1 Å². The van der Waals surface area contributed by atoms with Crippen LogP contribution >= 0.6 is 11.3 Å². The molecule has 4 heterocycles. The van der Waals surface area contributed by atoms with E-state index in [0.717, 1.165) is 42.2 Å². The molecule has 2 aromatic rings. The molecule has 0 spiro atoms. The smallest absolute Gasteiger partial charge is 0.249 e. The summed E-state index contributed by atoms with van der Waals surface area (Å²) in [6.07, 6.45) is 2.36. The number of anilines is 1. The fourth-order valence-electron chi connectivity index (χ4n) is 3.65. The molecule has 0 aromatic carbocycles. The van der Waals surface area contributed by atoms with Gasteiger partial charge in [0.05, 0.1) is 24.4 Å². The first-order valence-electron chi connectivity index (χ1n) is 8.73. The molecule has 2 saturated heterocycles. The van der Waals surface area contributed by atoms with Crippen LogP contribution in [0.15, 0.2) is 29.6 Å². The lowest BCUT2D eigenvalue weighted by Gasteiger charge is -2.35. The number of ether oxygens (including phenoxy) is 1. The molecule has 0 unspecified atom stereocenters. The number of hydrogen-bond donors (Lipinski definition) is 1. The minimum absolute atomic E-state index is 0.000396. The molecule has 2 aliphatic rings. The van der Waals surface area contributed by atoms with Gasteiger partial charge >= 0.3 is 0 Å². The number of hydrogen-bond acceptors (Lipinski definition) is 6. The van der Waals surface area contributed by atoms with Crippen molar-refractivity contribution in [3.8, 4) is 0 Å². The molecule has 0 saturated carbocycles. The Hall–Kier alpha value is -1.99. The lowest BCUT2D eigenvalue weighted by atomic mass is 9.98. The van der Waals surface area contributed by atoms with Crippen molar-refractivity contribution in [1.82, 2.24) is 15.5 Å². The van der Waals surface area contributed by atoms with E-state index in [1.807, 2.05) is 36.6 Å². The third kappa shape index (κ3) is 3.52. The maximum Gasteiger partial charge on any atom is 0.249 e. The number of nitrogens with zero attached hydrogens (tertiary/aromatic N) is 3. The predicted molar refractivity (Wildman–Crippen MR) is 96.6 cm³/mol. The summed E-state index contributed by atoms with van der Waals surface area (Å²) >= 11 is 1.65. The van der Waals surface area contributed by atoms with Gasteiger partial charge in [-0.3, -0.25) is 4.79 Å². The molecule has 0 radical (unpaired) electrons. The molecule has 2 aliphatic heterocycles. The quantitative estimate of drug-likeness (QED) is 0.908. The molecule has 2 fully saturated rings. The Balaban J connectivity index is 1.35. The summed E-state index contributed by atoms with van der Waals surface area (Å²) in [7, 11) is 0. The van der Waals surface area contributed by atoms with Gasteiger partial charge in [0.25, 0.3) is 0 Å². The summed E-state index contributed by atoms with van der Waals surface area (Å²) in [6, 6.07) is 8.32. The number of amides is 1. The maximum absolute atomic E-state index is 12.4. The zero-order valence-corrected chi connectivity index (χ0v) is 15.0. The second-order valence-corrected chi connectivity index (χ2v) is 7.65. The number of fused-ring (bicyclic) bond motifs is 1. The highest BCUT2D eigenvalue weighted by Gasteiger charge is 2.42. The zero-order valence-electron chi connectivity index (χ0n) is 14.2. The Morgan fingerprint density at radius 1 is 1.32 bits per heavy atom. The molecule has 7 heteroatoms. The van der Waals surface area contributed by atoms with E-state index in [0.29, 0.717) is 12.6 Å². The number of aryl methyl sites for hydroxylation is 1. The Morgan fingerprint density at radius 3 is 3.00 bits per heavy atom. The van der Waals surface area contributed by atoms with Crippen molar-refractivity contribution in [3.05, 3.63) is 40.2 Å². The Kier molecular flexibility index (Phi) is 4.67. The van der Waals surface area contributed by atoms with Crippen LogP contribution in [0.4, 0.5) is 5.82 Å². The van der Waals surface area contributed by atoms with Crippen molar-refractivity contribution in [2.75, 3.05) is 11.4 Å². The number of carbonyl (C=O) groups is 1. The predicted octanol–water partition coefficient (Wildman–Crippen LogP) is 2.29. The largest absolute Gasteiger partial charge is 0.363 e. The molecule has 6 nitrogen and oxygen atoms in total. The second kappa shape index (κ2) is 7.09. The van der Waals surface area contributed by atoms with Gasteiger partial charge in [-0.15, -0.1) is 16.4 Å². The number of thiophene rings is 1. The summed E-state index contributed by atoms with van der Waals surface area (Å²) in [5, 5.41) is 13.5. The summed E-state index contributed by atoms with van der Waals surface area (Å²) in [5.74, 6) is 0.905. The molecule has 1 N–H and O–H groups in total. The van der Waals surface area contributed by atoms with Crippen molar-refractivity contribution in [1.29, 1.82) is 0 Å². The van der Waals surface area contributed by atoms with Gasteiger partial charge < -0.3 is 15.0 Å². The highest BCUT2D eigenvalue weighted by Crippen LogP contribution is 2.34. The van der Waals surface area contributed by atoms with E-state index in [1.165, 1.54) is 0 Å². The molecular weight excluding hydrogens is 336 g/mol. The molecule has 25 heavy (non-hydrogen) atoms. The first-order valence-corrected chi connectivity index (χ1v) is 9.61. The molecule has 3 atom stereocenters. The van der Waals surface area contributed by atoms with Gasteiger partial charge in [-0.25, -0.2) is 0 Å². The fraction of sp³-hybridized carbons (Fsp3) is 0.500. The fourth-order valence-corrected chi connectivity index (χ4v) is 4.30. The molecule has 1 amide bonds. The van der Waals surface area contributed by atoms with E-state index < -0.39 is 0 Å². The standard InChI is InChI=1S/C18H22N4O2S/c1-12-4-7-17(21-20-12)22-9-8-15-14(22)5-6-16(24-15)18(23)19-11-13-3-2-10-25-13/h2-4,7,10,14-16H,5-6,8-9,11H2,1H3,(H,19,23)/t14-,15-,16+/m0/s1. The number of nitrogens with one attached hydrogen (secondary N) is 1. The number of aromatic nitrogens is 2. The SMILES string of the molecule is Cc1ccc(N2CC[C@@H]3O[C@@H](C(=O)NCc4cccs4)CC[C@@H]32)nn1. The maximum atomic E-state index is 12.4. The normalized spacial score (nSPS) is 25.6. The van der Waals surface area contributed by atoms with Gasteiger partial charge in [-0.2, -0.15) is 5.10 Å². The van der Waals surface area contributed by atoms with Crippen molar-refractivity contribution in [2.45, 2.75) is 51.0 Å². The van der Waals surface area contributed by atoms with Crippen LogP contribution in [-0.2, 0) is 16.1 Å². The summed E-state index contributed by atoms with van der Waals surface area (Å²) < 4.78 is 6.12. The lowest BCUT2D eigenvalue weighted by Crippen LogP contribution is -2.47. The van der Waals surface area contributed by atoms with Crippen LogP contribution in [-0.4, -0.2) is 40.9 Å².